The van der Waals surface area contributed by atoms with Crippen molar-refractivity contribution in [3.8, 4) is 67.2 Å². The number of fused-ring (bicyclic) bond motifs is 5. The third kappa shape index (κ3) is 6.23. The van der Waals surface area contributed by atoms with Gasteiger partial charge in [-0.05, 0) is 100 Å². The van der Waals surface area contributed by atoms with Gasteiger partial charge in [0.1, 0.15) is 0 Å². The molecule has 0 atom stereocenters. The van der Waals surface area contributed by atoms with E-state index in [1.165, 1.54) is 22.3 Å². The number of hydrogen-bond donors (Lipinski definition) is 0. The van der Waals surface area contributed by atoms with E-state index in [9.17, 15) is 0 Å². The second-order valence-corrected chi connectivity index (χ2v) is 14.7. The molecule has 0 N–H and O–H groups in total. The molecule has 4 heteroatoms. The monoisotopic (exact) mass is 738 g/mol. The lowest BCUT2D eigenvalue weighted by atomic mass is 9.94. The molecule has 0 aliphatic carbocycles. The Morgan fingerprint density at radius 3 is 1.26 bits per heavy atom. The fourth-order valence-electron chi connectivity index (χ4n) is 8.00. The minimum atomic E-state index is 0.920. The number of aromatic nitrogens is 4. The standard InChI is InChI=1S/C54H34N4/c1-3-8-35(9-4-1)45-32-46(36-10-5-2-6-11-36)34-47(33-45)52-28-23-44-31-42(21-26-51(44)57-52)41-20-25-50-43(30-41)22-27-48(56-50)37-13-15-38(16-14-37)49-24-19-40-18-17-39-12-7-29-55-53(39)54(40)58-49/h1-34H. The highest BCUT2D eigenvalue weighted by Crippen LogP contribution is 2.35. The van der Waals surface area contributed by atoms with Crippen molar-refractivity contribution in [1.29, 1.82) is 0 Å². The van der Waals surface area contributed by atoms with Crippen LogP contribution in [0.4, 0.5) is 0 Å². The smallest absolute Gasteiger partial charge is 0.0972 e. The minimum absolute atomic E-state index is 0.920. The molecule has 7 aromatic carbocycles. The lowest BCUT2D eigenvalue weighted by Gasteiger charge is -2.12. The van der Waals surface area contributed by atoms with Crippen LogP contribution in [0.25, 0.3) is 111 Å². The summed E-state index contributed by atoms with van der Waals surface area (Å²) < 4.78 is 0. The summed E-state index contributed by atoms with van der Waals surface area (Å²) in [5.41, 5.74) is 16.8. The fourth-order valence-corrected chi connectivity index (χ4v) is 8.00. The van der Waals surface area contributed by atoms with Crippen molar-refractivity contribution in [3.05, 3.63) is 206 Å². The van der Waals surface area contributed by atoms with Gasteiger partial charge in [-0.3, -0.25) is 4.98 Å². The van der Waals surface area contributed by atoms with Crippen LogP contribution in [0.15, 0.2) is 206 Å². The highest BCUT2D eigenvalue weighted by atomic mass is 14.8. The van der Waals surface area contributed by atoms with Crippen molar-refractivity contribution >= 4 is 43.6 Å². The molecule has 0 radical (unpaired) electrons. The summed E-state index contributed by atoms with van der Waals surface area (Å²) in [5.74, 6) is 0. The van der Waals surface area contributed by atoms with E-state index < -0.39 is 0 Å². The van der Waals surface area contributed by atoms with Crippen molar-refractivity contribution in [2.24, 2.45) is 0 Å². The predicted octanol–water partition coefficient (Wildman–Crippen LogP) is 13.9. The highest BCUT2D eigenvalue weighted by Gasteiger charge is 2.12. The van der Waals surface area contributed by atoms with E-state index in [4.69, 9.17) is 15.0 Å². The largest absolute Gasteiger partial charge is 0.254 e. The van der Waals surface area contributed by atoms with Crippen LogP contribution in [0.5, 0.6) is 0 Å². The molecule has 4 nitrogen and oxygen atoms in total. The molecule has 4 heterocycles. The van der Waals surface area contributed by atoms with E-state index in [1.807, 2.05) is 12.3 Å². The summed E-state index contributed by atoms with van der Waals surface area (Å²) in [6.45, 7) is 0. The minimum Gasteiger partial charge on any atom is -0.254 e. The molecule has 58 heavy (non-hydrogen) atoms. The van der Waals surface area contributed by atoms with E-state index in [0.29, 0.717) is 0 Å². The normalized spacial score (nSPS) is 11.4. The van der Waals surface area contributed by atoms with E-state index in [-0.39, 0.29) is 0 Å². The highest BCUT2D eigenvalue weighted by molar-refractivity contribution is 6.03. The van der Waals surface area contributed by atoms with Gasteiger partial charge in [-0.15, -0.1) is 0 Å². The first-order valence-corrected chi connectivity index (χ1v) is 19.5. The number of pyridine rings is 4. The summed E-state index contributed by atoms with van der Waals surface area (Å²) >= 11 is 0. The molecule has 270 valence electrons. The summed E-state index contributed by atoms with van der Waals surface area (Å²) in [7, 11) is 0. The van der Waals surface area contributed by atoms with Crippen molar-refractivity contribution in [3.63, 3.8) is 0 Å². The molecule has 0 aliphatic rings. The molecule has 11 rings (SSSR count). The first-order valence-electron chi connectivity index (χ1n) is 19.5. The molecule has 0 saturated heterocycles. The van der Waals surface area contributed by atoms with E-state index in [1.54, 1.807) is 0 Å². The maximum Gasteiger partial charge on any atom is 0.0972 e. The van der Waals surface area contributed by atoms with Crippen LogP contribution in [0, 0.1) is 0 Å². The predicted molar refractivity (Wildman–Crippen MR) is 240 cm³/mol. The molecule has 4 aromatic heterocycles. The molecule has 0 fully saturated rings. The lowest BCUT2D eigenvalue weighted by molar-refractivity contribution is 1.36. The Hall–Kier alpha value is -7.82. The molecule has 0 saturated carbocycles. The number of benzene rings is 7. The number of hydrogen-bond acceptors (Lipinski definition) is 4. The van der Waals surface area contributed by atoms with E-state index >= 15 is 0 Å². The molecule has 0 bridgehead atoms. The van der Waals surface area contributed by atoms with Crippen LogP contribution in [-0.2, 0) is 0 Å². The number of nitrogens with zero attached hydrogens (tertiary/aromatic N) is 4. The number of rotatable bonds is 6. The summed E-state index contributed by atoms with van der Waals surface area (Å²) in [6.07, 6.45) is 1.83. The average Bonchev–Trinajstić information content (AvgIpc) is 3.31. The summed E-state index contributed by atoms with van der Waals surface area (Å²) in [5, 5.41) is 4.37. The Kier molecular flexibility index (Phi) is 8.11. The summed E-state index contributed by atoms with van der Waals surface area (Å²) in [4.78, 5) is 19.9. The Morgan fingerprint density at radius 2 is 0.690 bits per heavy atom. The van der Waals surface area contributed by atoms with Gasteiger partial charge < -0.3 is 0 Å². The molecule has 0 aliphatic heterocycles. The van der Waals surface area contributed by atoms with Crippen LogP contribution in [0.2, 0.25) is 0 Å². The topological polar surface area (TPSA) is 51.6 Å². The van der Waals surface area contributed by atoms with Gasteiger partial charge in [0, 0.05) is 44.4 Å². The molecule has 0 spiro atoms. The molecular formula is C54H34N4. The van der Waals surface area contributed by atoms with Crippen molar-refractivity contribution in [2.75, 3.05) is 0 Å². The zero-order chi connectivity index (χ0) is 38.4. The lowest BCUT2D eigenvalue weighted by Crippen LogP contribution is -1.90. The average molecular weight is 739 g/mol. The van der Waals surface area contributed by atoms with Gasteiger partial charge in [-0.25, -0.2) is 15.0 Å². The van der Waals surface area contributed by atoms with E-state index in [0.717, 1.165) is 88.5 Å². The van der Waals surface area contributed by atoms with E-state index in [2.05, 4.69) is 199 Å². The molecule has 0 amide bonds. The van der Waals surface area contributed by atoms with Crippen molar-refractivity contribution in [1.82, 2.24) is 19.9 Å². The van der Waals surface area contributed by atoms with Crippen LogP contribution in [0.1, 0.15) is 0 Å². The molecule has 11 aromatic rings. The van der Waals surface area contributed by atoms with Gasteiger partial charge in [0.2, 0.25) is 0 Å². The maximum atomic E-state index is 5.17. The molecular weight excluding hydrogens is 705 g/mol. The van der Waals surface area contributed by atoms with Gasteiger partial charge in [0.25, 0.3) is 0 Å². The quantitative estimate of drug-likeness (QED) is 0.159. The van der Waals surface area contributed by atoms with Gasteiger partial charge >= 0.3 is 0 Å². The SMILES string of the molecule is c1ccc(-c2cc(-c3ccccc3)cc(-c3ccc4cc(-c5ccc6nc(-c7ccc(-c8ccc9ccc%10cccnc%10c9n8)cc7)ccc6c5)ccc4n3)c2)cc1. The molecule has 0 unspecified atom stereocenters. The van der Waals surface area contributed by atoms with Crippen LogP contribution >= 0.6 is 0 Å². The van der Waals surface area contributed by atoms with Crippen LogP contribution in [-0.4, -0.2) is 19.9 Å². The first kappa shape index (κ1) is 33.5. The van der Waals surface area contributed by atoms with Crippen molar-refractivity contribution < 1.29 is 0 Å². The Balaban J connectivity index is 0.865. The van der Waals surface area contributed by atoms with Crippen LogP contribution < -0.4 is 0 Å². The summed E-state index contributed by atoms with van der Waals surface area (Å²) in [6, 6.07) is 70.5. The first-order chi connectivity index (χ1) is 28.7. The van der Waals surface area contributed by atoms with Gasteiger partial charge in [-0.2, -0.15) is 0 Å². The van der Waals surface area contributed by atoms with Gasteiger partial charge in [0.05, 0.1) is 39.1 Å². The van der Waals surface area contributed by atoms with Gasteiger partial charge in [-0.1, -0.05) is 133 Å². The Morgan fingerprint density at radius 1 is 0.241 bits per heavy atom. The van der Waals surface area contributed by atoms with Gasteiger partial charge in [0.15, 0.2) is 0 Å². The van der Waals surface area contributed by atoms with Crippen molar-refractivity contribution in [2.45, 2.75) is 0 Å². The third-order valence-electron chi connectivity index (χ3n) is 11.1. The zero-order valence-corrected chi connectivity index (χ0v) is 31.4. The fraction of sp³-hybridized carbons (Fsp3) is 0. The second-order valence-electron chi connectivity index (χ2n) is 14.7. The maximum absolute atomic E-state index is 5.17. The van der Waals surface area contributed by atoms with Crippen LogP contribution in [0.3, 0.4) is 0 Å². The Bertz CT molecular complexity index is 3260. The third-order valence-corrected chi connectivity index (χ3v) is 11.1. The zero-order valence-electron chi connectivity index (χ0n) is 31.4. The Labute approximate surface area is 335 Å². The second kappa shape index (κ2) is 14.0.